The van der Waals surface area contributed by atoms with Crippen molar-refractivity contribution in [3.63, 3.8) is 0 Å². The molecular formula is C17H23N3O3. The maximum atomic E-state index is 12.1. The van der Waals surface area contributed by atoms with Crippen molar-refractivity contribution in [2.75, 3.05) is 13.7 Å². The van der Waals surface area contributed by atoms with E-state index in [1.165, 1.54) is 0 Å². The summed E-state index contributed by atoms with van der Waals surface area (Å²) < 4.78 is 6.93. The van der Waals surface area contributed by atoms with E-state index in [0.29, 0.717) is 24.3 Å². The number of rotatable bonds is 6. The molecule has 0 fully saturated rings. The van der Waals surface area contributed by atoms with Gasteiger partial charge in [-0.2, -0.15) is 5.10 Å². The van der Waals surface area contributed by atoms with Crippen LogP contribution in [-0.2, 0) is 18.3 Å². The van der Waals surface area contributed by atoms with Gasteiger partial charge in [0, 0.05) is 19.3 Å². The van der Waals surface area contributed by atoms with E-state index in [0.717, 1.165) is 17.0 Å². The van der Waals surface area contributed by atoms with E-state index in [-0.39, 0.29) is 0 Å². The number of amides is 1. The zero-order chi connectivity index (χ0) is 17.0. The SMILES string of the molecule is COc1cccc(C(O)C(=O)NCCc2c(C)nn(C)c2C)c1. The standard InChI is InChI=1S/C17H23N3O3/c1-11-15(12(2)20(3)19-11)8-9-18-17(22)16(21)13-6-5-7-14(10-13)23-4/h5-7,10,16,21H,8-9H2,1-4H3,(H,18,22). The van der Waals surface area contributed by atoms with Crippen molar-refractivity contribution in [2.45, 2.75) is 26.4 Å². The number of ether oxygens (including phenoxy) is 1. The first kappa shape index (κ1) is 17.0. The molecule has 0 aliphatic carbocycles. The molecule has 0 spiro atoms. The molecule has 1 amide bonds. The van der Waals surface area contributed by atoms with E-state index in [1.807, 2.05) is 25.6 Å². The van der Waals surface area contributed by atoms with Gasteiger partial charge in [-0.1, -0.05) is 12.1 Å². The minimum atomic E-state index is -1.21. The number of carbonyl (C=O) groups is 1. The number of methoxy groups -OCH3 is 1. The lowest BCUT2D eigenvalue weighted by molar-refractivity contribution is -0.129. The summed E-state index contributed by atoms with van der Waals surface area (Å²) >= 11 is 0. The van der Waals surface area contributed by atoms with E-state index < -0.39 is 12.0 Å². The summed E-state index contributed by atoms with van der Waals surface area (Å²) in [6.45, 7) is 4.41. The molecule has 1 atom stereocenters. The van der Waals surface area contributed by atoms with E-state index in [2.05, 4.69) is 10.4 Å². The highest BCUT2D eigenvalue weighted by Crippen LogP contribution is 2.19. The molecule has 1 aromatic carbocycles. The summed E-state index contributed by atoms with van der Waals surface area (Å²) in [4.78, 5) is 12.1. The number of nitrogens with one attached hydrogen (secondary N) is 1. The van der Waals surface area contributed by atoms with Crippen LogP contribution in [0.3, 0.4) is 0 Å². The highest BCUT2D eigenvalue weighted by molar-refractivity contribution is 5.82. The third-order valence-electron chi connectivity index (χ3n) is 3.99. The van der Waals surface area contributed by atoms with Crippen LogP contribution in [0, 0.1) is 13.8 Å². The van der Waals surface area contributed by atoms with Gasteiger partial charge in [0.2, 0.25) is 0 Å². The molecule has 2 N–H and O–H groups in total. The summed E-state index contributed by atoms with van der Waals surface area (Å²) in [5, 5.41) is 17.3. The molecule has 0 saturated carbocycles. The first-order chi connectivity index (χ1) is 10.9. The van der Waals surface area contributed by atoms with Crippen molar-refractivity contribution in [2.24, 2.45) is 7.05 Å². The van der Waals surface area contributed by atoms with Crippen LogP contribution in [0.4, 0.5) is 0 Å². The fraction of sp³-hybridized carbons (Fsp3) is 0.412. The molecule has 1 unspecified atom stereocenters. The summed E-state index contributed by atoms with van der Waals surface area (Å²) in [5.74, 6) is 0.188. The number of aliphatic hydroxyl groups is 1. The molecule has 0 aliphatic rings. The van der Waals surface area contributed by atoms with E-state index in [4.69, 9.17) is 4.74 Å². The van der Waals surface area contributed by atoms with Crippen molar-refractivity contribution in [1.82, 2.24) is 15.1 Å². The molecular weight excluding hydrogens is 294 g/mol. The Morgan fingerprint density at radius 2 is 2.17 bits per heavy atom. The van der Waals surface area contributed by atoms with Gasteiger partial charge in [-0.3, -0.25) is 9.48 Å². The van der Waals surface area contributed by atoms with Gasteiger partial charge in [-0.25, -0.2) is 0 Å². The Balaban J connectivity index is 1.93. The zero-order valence-electron chi connectivity index (χ0n) is 14.0. The lowest BCUT2D eigenvalue weighted by atomic mass is 10.1. The number of aryl methyl sites for hydroxylation is 2. The average molecular weight is 317 g/mol. The van der Waals surface area contributed by atoms with Gasteiger partial charge in [0.05, 0.1) is 12.8 Å². The maximum Gasteiger partial charge on any atom is 0.253 e. The highest BCUT2D eigenvalue weighted by Gasteiger charge is 2.18. The molecule has 6 nitrogen and oxygen atoms in total. The van der Waals surface area contributed by atoms with Gasteiger partial charge in [0.15, 0.2) is 6.10 Å². The number of aliphatic hydroxyl groups excluding tert-OH is 1. The summed E-state index contributed by atoms with van der Waals surface area (Å²) in [6, 6.07) is 6.86. The average Bonchev–Trinajstić information content (AvgIpc) is 2.80. The Kier molecular flexibility index (Phi) is 5.39. The number of benzene rings is 1. The van der Waals surface area contributed by atoms with Crippen molar-refractivity contribution < 1.29 is 14.6 Å². The molecule has 0 radical (unpaired) electrons. The quantitative estimate of drug-likeness (QED) is 0.845. The summed E-state index contributed by atoms with van der Waals surface area (Å²) in [6.07, 6.45) is -0.525. The van der Waals surface area contributed by atoms with Crippen LogP contribution < -0.4 is 10.1 Å². The van der Waals surface area contributed by atoms with Crippen molar-refractivity contribution in [3.05, 3.63) is 46.8 Å². The molecule has 0 bridgehead atoms. The second-order valence-corrected chi connectivity index (χ2v) is 5.49. The van der Waals surface area contributed by atoms with Gasteiger partial charge in [0.25, 0.3) is 5.91 Å². The third-order valence-corrected chi connectivity index (χ3v) is 3.99. The Labute approximate surface area is 136 Å². The molecule has 2 rings (SSSR count). The lowest BCUT2D eigenvalue weighted by Crippen LogP contribution is -2.31. The van der Waals surface area contributed by atoms with Crippen LogP contribution in [0.5, 0.6) is 5.75 Å². The Hall–Kier alpha value is -2.34. The molecule has 124 valence electrons. The van der Waals surface area contributed by atoms with Gasteiger partial charge >= 0.3 is 0 Å². The fourth-order valence-electron chi connectivity index (χ4n) is 2.55. The number of aromatic nitrogens is 2. The number of hydrogen-bond acceptors (Lipinski definition) is 4. The Bertz CT molecular complexity index is 694. The van der Waals surface area contributed by atoms with Gasteiger partial charge < -0.3 is 15.2 Å². The Morgan fingerprint density at radius 1 is 1.43 bits per heavy atom. The second kappa shape index (κ2) is 7.28. The van der Waals surface area contributed by atoms with Crippen LogP contribution in [0.2, 0.25) is 0 Å². The van der Waals surface area contributed by atoms with E-state index in [9.17, 15) is 9.90 Å². The van der Waals surface area contributed by atoms with Crippen LogP contribution in [0.15, 0.2) is 24.3 Å². The summed E-state index contributed by atoms with van der Waals surface area (Å²) in [7, 11) is 3.45. The topological polar surface area (TPSA) is 76.4 Å². The van der Waals surface area contributed by atoms with Gasteiger partial charge in [-0.05, 0) is 43.5 Å². The van der Waals surface area contributed by atoms with Crippen molar-refractivity contribution in [3.8, 4) is 5.75 Å². The molecule has 2 aromatic rings. The number of nitrogens with zero attached hydrogens (tertiary/aromatic N) is 2. The first-order valence-corrected chi connectivity index (χ1v) is 7.52. The van der Waals surface area contributed by atoms with Crippen molar-refractivity contribution in [1.29, 1.82) is 0 Å². The molecule has 1 aromatic heterocycles. The Morgan fingerprint density at radius 3 is 2.78 bits per heavy atom. The molecule has 1 heterocycles. The van der Waals surface area contributed by atoms with Gasteiger partial charge in [0.1, 0.15) is 5.75 Å². The smallest absolute Gasteiger partial charge is 0.253 e. The predicted octanol–water partition coefficient (Wildman–Crippen LogP) is 1.44. The fourth-order valence-corrected chi connectivity index (χ4v) is 2.55. The van der Waals surface area contributed by atoms with Crippen LogP contribution in [0.25, 0.3) is 0 Å². The van der Waals surface area contributed by atoms with Crippen molar-refractivity contribution >= 4 is 5.91 Å². The molecule has 0 saturated heterocycles. The minimum absolute atomic E-state index is 0.419. The lowest BCUT2D eigenvalue weighted by Gasteiger charge is -2.12. The minimum Gasteiger partial charge on any atom is -0.497 e. The predicted molar refractivity (Wildman–Crippen MR) is 87.3 cm³/mol. The van der Waals surface area contributed by atoms with Crippen LogP contribution in [-0.4, -0.2) is 34.4 Å². The molecule has 6 heteroatoms. The highest BCUT2D eigenvalue weighted by atomic mass is 16.5. The molecule has 0 aliphatic heterocycles. The maximum absolute atomic E-state index is 12.1. The zero-order valence-corrected chi connectivity index (χ0v) is 14.0. The normalized spacial score (nSPS) is 12.0. The van der Waals surface area contributed by atoms with Gasteiger partial charge in [-0.15, -0.1) is 0 Å². The number of carbonyl (C=O) groups excluding carboxylic acids is 1. The van der Waals surface area contributed by atoms with E-state index in [1.54, 1.807) is 31.4 Å². The van der Waals surface area contributed by atoms with Crippen LogP contribution in [0.1, 0.15) is 28.6 Å². The third kappa shape index (κ3) is 3.90. The number of hydrogen-bond donors (Lipinski definition) is 2. The van der Waals surface area contributed by atoms with E-state index >= 15 is 0 Å². The van der Waals surface area contributed by atoms with Crippen LogP contribution >= 0.6 is 0 Å². The summed E-state index contributed by atoms with van der Waals surface area (Å²) in [5.41, 5.74) is 3.69. The largest absolute Gasteiger partial charge is 0.497 e. The first-order valence-electron chi connectivity index (χ1n) is 7.52. The second-order valence-electron chi connectivity index (χ2n) is 5.49. The molecule has 23 heavy (non-hydrogen) atoms. The monoisotopic (exact) mass is 317 g/mol.